The maximum atomic E-state index is 12.2. The van der Waals surface area contributed by atoms with E-state index in [0.29, 0.717) is 51.9 Å². The summed E-state index contributed by atoms with van der Waals surface area (Å²) in [5, 5.41) is 16.7. The van der Waals surface area contributed by atoms with E-state index in [1.165, 1.54) is 0 Å². The van der Waals surface area contributed by atoms with Gasteiger partial charge in [-0.25, -0.2) is 14.4 Å². The average molecular weight is 700 g/mol. The number of hydrogen-bond donors (Lipinski definition) is 6. The fourth-order valence-corrected chi connectivity index (χ4v) is 3.95. The van der Waals surface area contributed by atoms with Crippen LogP contribution in [-0.4, -0.2) is 92.1 Å². The van der Waals surface area contributed by atoms with Gasteiger partial charge < -0.3 is 35.5 Å². The first-order chi connectivity index (χ1) is 22.8. The zero-order chi connectivity index (χ0) is 37.3. The van der Waals surface area contributed by atoms with E-state index in [-0.39, 0.29) is 17.8 Å². The second-order valence-electron chi connectivity index (χ2n) is 14.7. The van der Waals surface area contributed by atoms with Crippen molar-refractivity contribution in [1.82, 2.24) is 31.9 Å². The van der Waals surface area contributed by atoms with Gasteiger partial charge in [-0.15, -0.1) is 0 Å². The van der Waals surface area contributed by atoms with Crippen LogP contribution in [0.1, 0.15) is 127 Å². The summed E-state index contributed by atoms with van der Waals surface area (Å²) < 4.78 is 15.7. The quantitative estimate of drug-likeness (QED) is 0.0454. The minimum absolute atomic E-state index is 0.0450. The van der Waals surface area contributed by atoms with Gasteiger partial charge in [0, 0.05) is 39.0 Å². The summed E-state index contributed by atoms with van der Waals surface area (Å²) in [6, 6.07) is 0. The number of ether oxygens (including phenoxy) is 3. The Kier molecular flexibility index (Phi) is 22.7. The lowest BCUT2D eigenvalue weighted by molar-refractivity contribution is -0.122. The second-order valence-corrected chi connectivity index (χ2v) is 14.7. The predicted octanol–water partition coefficient (Wildman–Crippen LogP) is 4.64. The molecule has 0 aromatic heterocycles. The smallest absolute Gasteiger partial charge is 0.414 e. The molecule has 5 amide bonds. The summed E-state index contributed by atoms with van der Waals surface area (Å²) in [6.45, 7) is 19.6. The van der Waals surface area contributed by atoms with Crippen LogP contribution < -0.4 is 31.9 Å². The van der Waals surface area contributed by atoms with E-state index in [1.54, 1.807) is 41.5 Å². The van der Waals surface area contributed by atoms with Crippen molar-refractivity contribution < 1.29 is 38.2 Å². The van der Waals surface area contributed by atoms with E-state index in [4.69, 9.17) is 14.2 Å². The lowest BCUT2D eigenvalue weighted by Crippen LogP contribution is -2.47. The van der Waals surface area contributed by atoms with Gasteiger partial charge in [-0.2, -0.15) is 0 Å². The number of alkyl carbamates (subject to hydrolysis) is 3. The molecule has 49 heavy (non-hydrogen) atoms. The number of guanidine groups is 1. The molecule has 0 aromatic carbocycles. The van der Waals surface area contributed by atoms with Crippen LogP contribution in [0.4, 0.5) is 14.4 Å². The van der Waals surface area contributed by atoms with E-state index in [1.807, 2.05) is 20.8 Å². The molecule has 0 saturated carbocycles. The van der Waals surface area contributed by atoms with Crippen molar-refractivity contribution >= 4 is 36.1 Å². The number of nitrogens with zero attached hydrogens (tertiary/aromatic N) is 1. The zero-order valence-corrected chi connectivity index (χ0v) is 31.5. The Hall–Kier alpha value is -3.62. The monoisotopic (exact) mass is 699 g/mol. The molecule has 0 aliphatic carbocycles. The van der Waals surface area contributed by atoms with Crippen LogP contribution in [0.3, 0.4) is 0 Å². The number of carbonyl (C=O) groups excluding carboxylic acids is 5. The molecular weight excluding hydrogens is 634 g/mol. The summed E-state index contributed by atoms with van der Waals surface area (Å²) in [4.78, 5) is 64.4. The molecule has 0 heterocycles. The van der Waals surface area contributed by atoms with Gasteiger partial charge >= 0.3 is 18.3 Å². The first kappa shape index (κ1) is 45.4. The van der Waals surface area contributed by atoms with Crippen LogP contribution in [0.25, 0.3) is 0 Å². The molecule has 0 saturated heterocycles. The molecule has 284 valence electrons. The normalized spacial score (nSPS) is 11.5. The molecule has 0 fully saturated rings. The van der Waals surface area contributed by atoms with Gasteiger partial charge in [0.2, 0.25) is 17.8 Å². The maximum absolute atomic E-state index is 12.2. The van der Waals surface area contributed by atoms with Crippen molar-refractivity contribution in [2.24, 2.45) is 4.99 Å². The minimum atomic E-state index is -0.737. The Balaban J connectivity index is 3.95. The summed E-state index contributed by atoms with van der Waals surface area (Å²) in [5.74, 6) is -0.172. The van der Waals surface area contributed by atoms with Crippen LogP contribution >= 0.6 is 0 Å². The van der Waals surface area contributed by atoms with E-state index >= 15 is 0 Å². The fraction of sp³-hybridized carbons (Fsp3) is 0.824. The third-order valence-electron chi connectivity index (χ3n) is 6.02. The van der Waals surface area contributed by atoms with E-state index in [9.17, 15) is 24.0 Å². The number of unbranched alkanes of at least 4 members (excludes halogenated alkanes) is 4. The highest BCUT2D eigenvalue weighted by Crippen LogP contribution is 2.08. The summed E-state index contributed by atoms with van der Waals surface area (Å²) in [7, 11) is 0. The topological polar surface area (TPSA) is 198 Å². The third-order valence-corrected chi connectivity index (χ3v) is 6.02. The standard InChI is InChI=1S/C34H65N7O8/c1-32(2,3)47-29(44)39-25-17-21-35-20-14-15-23-37-27(43)19-16-18-26(42)36-22-12-10-11-13-24-38-28(40-30(45)48-33(4,5)6)41-31(46)49-34(7,8)9/h35H,10-25H2,1-9H3,(H,36,42)(H,37,43)(H,39,44)(H2,38,40,41,45,46). The Morgan fingerprint density at radius 2 is 0.878 bits per heavy atom. The van der Waals surface area contributed by atoms with Crippen molar-refractivity contribution in [3.63, 3.8) is 0 Å². The maximum Gasteiger partial charge on any atom is 0.414 e. The molecule has 0 radical (unpaired) electrons. The van der Waals surface area contributed by atoms with Crippen molar-refractivity contribution in [3.8, 4) is 0 Å². The molecule has 0 aliphatic heterocycles. The molecule has 0 rings (SSSR count). The van der Waals surface area contributed by atoms with Crippen LogP contribution in [0.15, 0.2) is 4.99 Å². The highest BCUT2D eigenvalue weighted by atomic mass is 16.6. The van der Waals surface area contributed by atoms with Crippen molar-refractivity contribution in [3.05, 3.63) is 0 Å². The highest BCUT2D eigenvalue weighted by Gasteiger charge is 2.21. The van der Waals surface area contributed by atoms with Gasteiger partial charge in [0.05, 0.1) is 0 Å². The Bertz CT molecular complexity index is 999. The van der Waals surface area contributed by atoms with Crippen LogP contribution in [0.5, 0.6) is 0 Å². The van der Waals surface area contributed by atoms with Crippen molar-refractivity contribution in [2.75, 3.05) is 39.3 Å². The van der Waals surface area contributed by atoms with E-state index in [2.05, 4.69) is 36.9 Å². The Labute approximate surface area is 293 Å². The average Bonchev–Trinajstić information content (AvgIpc) is 2.92. The van der Waals surface area contributed by atoms with Crippen molar-refractivity contribution in [2.45, 2.75) is 143 Å². The highest BCUT2D eigenvalue weighted by molar-refractivity contribution is 6.01. The predicted molar refractivity (Wildman–Crippen MR) is 190 cm³/mol. The molecule has 15 nitrogen and oxygen atoms in total. The molecule has 0 spiro atoms. The number of rotatable bonds is 20. The van der Waals surface area contributed by atoms with Crippen LogP contribution in [0, 0.1) is 0 Å². The number of amides is 5. The van der Waals surface area contributed by atoms with E-state index < -0.39 is 35.1 Å². The second kappa shape index (κ2) is 24.5. The molecule has 0 atom stereocenters. The van der Waals surface area contributed by atoms with E-state index in [0.717, 1.165) is 51.6 Å². The van der Waals surface area contributed by atoms with Gasteiger partial charge in [0.25, 0.3) is 0 Å². The third kappa shape index (κ3) is 32.7. The number of hydrogen-bond acceptors (Lipinski definition) is 10. The SMILES string of the molecule is CC(C)(C)OC(=O)NCCCNCCCCNC(=O)CCCC(=O)NCCCCCCN=C(NC(=O)OC(C)(C)C)NC(=O)OC(C)(C)C. The summed E-state index contributed by atoms with van der Waals surface area (Å²) in [6.07, 6.45) is 5.02. The molecular formula is C34H65N7O8. The molecule has 15 heteroatoms. The molecule has 0 unspecified atom stereocenters. The van der Waals surface area contributed by atoms with Crippen LogP contribution in [0.2, 0.25) is 0 Å². The van der Waals surface area contributed by atoms with Crippen LogP contribution in [-0.2, 0) is 23.8 Å². The minimum Gasteiger partial charge on any atom is -0.444 e. The molecule has 0 aromatic rings. The first-order valence-corrected chi connectivity index (χ1v) is 17.5. The van der Waals surface area contributed by atoms with Gasteiger partial charge in [-0.1, -0.05) is 12.8 Å². The van der Waals surface area contributed by atoms with Crippen molar-refractivity contribution in [1.29, 1.82) is 0 Å². The Morgan fingerprint density at radius 3 is 1.39 bits per heavy atom. The van der Waals surface area contributed by atoms with Gasteiger partial charge in [0.1, 0.15) is 16.8 Å². The lowest BCUT2D eigenvalue weighted by atomic mass is 10.2. The zero-order valence-electron chi connectivity index (χ0n) is 31.5. The first-order valence-electron chi connectivity index (χ1n) is 17.5. The summed E-state index contributed by atoms with van der Waals surface area (Å²) in [5.41, 5.74) is -1.92. The Morgan fingerprint density at radius 1 is 0.469 bits per heavy atom. The van der Waals surface area contributed by atoms with Gasteiger partial charge in [-0.05, 0) is 114 Å². The van der Waals surface area contributed by atoms with Gasteiger partial charge in [0.15, 0.2) is 0 Å². The largest absolute Gasteiger partial charge is 0.444 e. The lowest BCUT2D eigenvalue weighted by Gasteiger charge is -2.22. The van der Waals surface area contributed by atoms with Gasteiger partial charge in [-0.3, -0.25) is 25.2 Å². The number of carbonyl (C=O) groups is 5. The molecule has 0 bridgehead atoms. The summed E-state index contributed by atoms with van der Waals surface area (Å²) >= 11 is 0. The number of nitrogens with one attached hydrogen (secondary N) is 6. The molecule has 6 N–H and O–H groups in total. The fourth-order valence-electron chi connectivity index (χ4n) is 3.95. The molecule has 0 aliphatic rings. The number of aliphatic imine (C=N–C) groups is 1.